The zero-order chi connectivity index (χ0) is 12.9. The van der Waals surface area contributed by atoms with Crippen molar-refractivity contribution in [2.75, 3.05) is 23.3 Å². The number of anilines is 3. The Labute approximate surface area is 115 Å². The van der Waals surface area contributed by atoms with Crippen molar-refractivity contribution >= 4 is 27.4 Å². The SMILES string of the molecule is c1cnc(Nc2nnc(N3CCCCCC3)s2)cn1. The van der Waals surface area contributed by atoms with Gasteiger partial charge in [-0.15, -0.1) is 10.2 Å². The van der Waals surface area contributed by atoms with E-state index in [-0.39, 0.29) is 0 Å². The molecular weight excluding hydrogens is 260 g/mol. The van der Waals surface area contributed by atoms with Crippen LogP contribution in [-0.2, 0) is 0 Å². The first-order valence-corrected chi connectivity index (χ1v) is 7.35. The minimum atomic E-state index is 0.695. The van der Waals surface area contributed by atoms with Crippen molar-refractivity contribution in [3.8, 4) is 0 Å². The molecule has 0 spiro atoms. The van der Waals surface area contributed by atoms with Gasteiger partial charge in [-0.2, -0.15) is 0 Å². The Balaban J connectivity index is 1.68. The Kier molecular flexibility index (Phi) is 3.83. The number of hydrogen-bond donors (Lipinski definition) is 1. The van der Waals surface area contributed by atoms with E-state index >= 15 is 0 Å². The molecule has 100 valence electrons. The number of aromatic nitrogens is 4. The standard InChI is InChI=1S/C12H16N6S/c1-2-4-8-18(7-3-1)12-17-16-11(19-12)15-10-9-13-5-6-14-10/h5-6,9H,1-4,7-8H2,(H,14,15,16). The number of nitrogens with zero attached hydrogens (tertiary/aromatic N) is 5. The minimum absolute atomic E-state index is 0.695. The summed E-state index contributed by atoms with van der Waals surface area (Å²) in [4.78, 5) is 10.5. The van der Waals surface area contributed by atoms with Crippen LogP contribution in [0, 0.1) is 0 Å². The molecule has 0 aromatic carbocycles. The van der Waals surface area contributed by atoms with Crippen molar-refractivity contribution in [2.24, 2.45) is 0 Å². The third-order valence-electron chi connectivity index (χ3n) is 3.09. The molecule has 2 aromatic heterocycles. The van der Waals surface area contributed by atoms with E-state index in [1.165, 1.54) is 25.7 Å². The van der Waals surface area contributed by atoms with Crippen LogP contribution in [0.4, 0.5) is 16.1 Å². The van der Waals surface area contributed by atoms with Crippen LogP contribution in [0.2, 0.25) is 0 Å². The van der Waals surface area contributed by atoms with E-state index in [1.54, 1.807) is 29.9 Å². The van der Waals surface area contributed by atoms with Crippen LogP contribution < -0.4 is 10.2 Å². The lowest BCUT2D eigenvalue weighted by molar-refractivity contribution is 0.726. The highest BCUT2D eigenvalue weighted by Crippen LogP contribution is 2.27. The summed E-state index contributed by atoms with van der Waals surface area (Å²) in [5, 5.41) is 13.3. The van der Waals surface area contributed by atoms with E-state index in [9.17, 15) is 0 Å². The van der Waals surface area contributed by atoms with E-state index in [0.29, 0.717) is 5.82 Å². The van der Waals surface area contributed by atoms with Crippen molar-refractivity contribution in [3.05, 3.63) is 18.6 Å². The summed E-state index contributed by atoms with van der Waals surface area (Å²) in [6, 6.07) is 0. The molecule has 19 heavy (non-hydrogen) atoms. The molecule has 0 aliphatic carbocycles. The maximum absolute atomic E-state index is 4.26. The molecule has 1 aliphatic heterocycles. The van der Waals surface area contributed by atoms with Gasteiger partial charge in [0.2, 0.25) is 10.3 Å². The Morgan fingerprint density at radius 3 is 2.63 bits per heavy atom. The summed E-state index contributed by atoms with van der Waals surface area (Å²) < 4.78 is 0. The van der Waals surface area contributed by atoms with Crippen LogP contribution in [0.5, 0.6) is 0 Å². The molecule has 3 heterocycles. The Hall–Kier alpha value is -1.76. The molecule has 0 amide bonds. The first-order chi connectivity index (χ1) is 9.42. The summed E-state index contributed by atoms with van der Waals surface area (Å²) in [6.45, 7) is 2.17. The maximum Gasteiger partial charge on any atom is 0.213 e. The van der Waals surface area contributed by atoms with Crippen molar-refractivity contribution in [1.29, 1.82) is 0 Å². The van der Waals surface area contributed by atoms with Crippen LogP contribution in [0.15, 0.2) is 18.6 Å². The minimum Gasteiger partial charge on any atom is -0.347 e. The van der Waals surface area contributed by atoms with Gasteiger partial charge in [0.25, 0.3) is 0 Å². The van der Waals surface area contributed by atoms with Crippen molar-refractivity contribution in [3.63, 3.8) is 0 Å². The molecule has 0 radical (unpaired) electrons. The predicted octanol–water partition coefficient (Wildman–Crippen LogP) is 2.45. The second-order valence-electron chi connectivity index (χ2n) is 4.51. The Bertz CT molecular complexity index is 506. The summed E-state index contributed by atoms with van der Waals surface area (Å²) in [7, 11) is 0. The van der Waals surface area contributed by atoms with Gasteiger partial charge in [-0.25, -0.2) is 4.98 Å². The number of hydrogen-bond acceptors (Lipinski definition) is 7. The van der Waals surface area contributed by atoms with E-state index in [2.05, 4.69) is 30.4 Å². The van der Waals surface area contributed by atoms with Gasteiger partial charge in [-0.1, -0.05) is 24.2 Å². The zero-order valence-corrected chi connectivity index (χ0v) is 11.4. The Morgan fingerprint density at radius 2 is 1.89 bits per heavy atom. The van der Waals surface area contributed by atoms with E-state index in [0.717, 1.165) is 23.4 Å². The van der Waals surface area contributed by atoms with Crippen LogP contribution in [0.3, 0.4) is 0 Å². The van der Waals surface area contributed by atoms with Gasteiger partial charge < -0.3 is 10.2 Å². The third-order valence-corrected chi connectivity index (χ3v) is 3.99. The lowest BCUT2D eigenvalue weighted by Crippen LogP contribution is -2.23. The van der Waals surface area contributed by atoms with Gasteiger partial charge in [-0.3, -0.25) is 4.98 Å². The Morgan fingerprint density at radius 1 is 1.05 bits per heavy atom. The van der Waals surface area contributed by atoms with Gasteiger partial charge in [0.05, 0.1) is 6.20 Å². The number of rotatable bonds is 3. The molecule has 1 aliphatic rings. The highest BCUT2D eigenvalue weighted by Gasteiger charge is 2.14. The highest BCUT2D eigenvalue weighted by molar-refractivity contribution is 7.19. The van der Waals surface area contributed by atoms with E-state index < -0.39 is 0 Å². The fraction of sp³-hybridized carbons (Fsp3) is 0.500. The molecule has 1 saturated heterocycles. The summed E-state index contributed by atoms with van der Waals surface area (Å²) in [5.74, 6) is 0.695. The molecule has 0 bridgehead atoms. The van der Waals surface area contributed by atoms with Gasteiger partial charge in [0.15, 0.2) is 5.82 Å². The molecular formula is C12H16N6S. The molecule has 0 atom stereocenters. The maximum atomic E-state index is 4.26. The van der Waals surface area contributed by atoms with Crippen LogP contribution in [-0.4, -0.2) is 33.3 Å². The molecule has 1 N–H and O–H groups in total. The molecule has 6 nitrogen and oxygen atoms in total. The van der Waals surface area contributed by atoms with E-state index in [1.807, 2.05) is 0 Å². The van der Waals surface area contributed by atoms with Crippen molar-refractivity contribution < 1.29 is 0 Å². The largest absolute Gasteiger partial charge is 0.347 e. The summed E-state index contributed by atoms with van der Waals surface area (Å²) in [5.41, 5.74) is 0. The second kappa shape index (κ2) is 5.92. The molecule has 3 rings (SSSR count). The lowest BCUT2D eigenvalue weighted by atomic mass is 10.2. The predicted molar refractivity (Wildman–Crippen MR) is 75.9 cm³/mol. The number of nitrogens with one attached hydrogen (secondary N) is 1. The summed E-state index contributed by atoms with van der Waals surface area (Å²) in [6.07, 6.45) is 10.1. The first-order valence-electron chi connectivity index (χ1n) is 6.53. The molecule has 2 aromatic rings. The third kappa shape index (κ3) is 3.17. The molecule has 0 unspecified atom stereocenters. The van der Waals surface area contributed by atoms with Gasteiger partial charge in [0.1, 0.15) is 0 Å². The average molecular weight is 276 g/mol. The van der Waals surface area contributed by atoms with Gasteiger partial charge in [-0.05, 0) is 12.8 Å². The van der Waals surface area contributed by atoms with Gasteiger partial charge in [0, 0.05) is 25.5 Å². The van der Waals surface area contributed by atoms with Gasteiger partial charge >= 0.3 is 0 Å². The molecule has 1 fully saturated rings. The van der Waals surface area contributed by atoms with Crippen LogP contribution in [0.1, 0.15) is 25.7 Å². The topological polar surface area (TPSA) is 66.8 Å². The monoisotopic (exact) mass is 276 g/mol. The quantitative estimate of drug-likeness (QED) is 0.929. The normalized spacial score (nSPS) is 16.1. The zero-order valence-electron chi connectivity index (χ0n) is 10.6. The fourth-order valence-corrected chi connectivity index (χ4v) is 2.93. The van der Waals surface area contributed by atoms with Crippen LogP contribution in [0.25, 0.3) is 0 Å². The summed E-state index contributed by atoms with van der Waals surface area (Å²) >= 11 is 1.57. The fourth-order valence-electron chi connectivity index (χ4n) is 2.13. The highest BCUT2D eigenvalue weighted by atomic mass is 32.1. The first kappa shape index (κ1) is 12.3. The van der Waals surface area contributed by atoms with Crippen molar-refractivity contribution in [1.82, 2.24) is 20.2 Å². The van der Waals surface area contributed by atoms with Crippen molar-refractivity contribution in [2.45, 2.75) is 25.7 Å². The average Bonchev–Trinajstić information content (AvgIpc) is 2.74. The van der Waals surface area contributed by atoms with E-state index in [4.69, 9.17) is 0 Å². The lowest BCUT2D eigenvalue weighted by Gasteiger charge is -2.17. The molecule has 7 heteroatoms. The molecule has 0 saturated carbocycles. The van der Waals surface area contributed by atoms with Crippen LogP contribution >= 0.6 is 11.3 Å². The second-order valence-corrected chi connectivity index (χ2v) is 5.46. The smallest absolute Gasteiger partial charge is 0.213 e.